The van der Waals surface area contributed by atoms with Crippen LogP contribution in [0.2, 0.25) is 0 Å². The number of benzene rings is 1. The Kier molecular flexibility index (Phi) is 3.94. The summed E-state index contributed by atoms with van der Waals surface area (Å²) >= 11 is 0. The SMILES string of the molecule is O=C(O)c1cccc(OCCCO)c1. The van der Waals surface area contributed by atoms with Crippen LogP contribution in [0.25, 0.3) is 0 Å². The van der Waals surface area contributed by atoms with Crippen molar-refractivity contribution in [3.05, 3.63) is 29.8 Å². The first-order valence-corrected chi connectivity index (χ1v) is 4.31. The first-order valence-electron chi connectivity index (χ1n) is 4.31. The van der Waals surface area contributed by atoms with E-state index in [0.29, 0.717) is 18.8 Å². The van der Waals surface area contributed by atoms with Crippen molar-refractivity contribution >= 4 is 5.97 Å². The van der Waals surface area contributed by atoms with E-state index in [9.17, 15) is 4.79 Å². The van der Waals surface area contributed by atoms with E-state index in [1.807, 2.05) is 0 Å². The molecule has 14 heavy (non-hydrogen) atoms. The zero-order valence-corrected chi connectivity index (χ0v) is 7.64. The quantitative estimate of drug-likeness (QED) is 0.693. The highest BCUT2D eigenvalue weighted by Gasteiger charge is 2.03. The number of carboxylic acids is 1. The molecule has 4 nitrogen and oxygen atoms in total. The molecule has 0 radical (unpaired) electrons. The highest BCUT2D eigenvalue weighted by Crippen LogP contribution is 2.13. The molecule has 0 bridgehead atoms. The molecule has 0 fully saturated rings. The number of aliphatic hydroxyl groups is 1. The first kappa shape index (κ1) is 10.5. The lowest BCUT2D eigenvalue weighted by Gasteiger charge is -2.05. The summed E-state index contributed by atoms with van der Waals surface area (Å²) in [6, 6.07) is 6.27. The molecule has 0 amide bonds. The van der Waals surface area contributed by atoms with Gasteiger partial charge in [0.2, 0.25) is 0 Å². The van der Waals surface area contributed by atoms with E-state index in [1.54, 1.807) is 12.1 Å². The van der Waals surface area contributed by atoms with Crippen LogP contribution in [0.1, 0.15) is 16.8 Å². The number of ether oxygens (including phenoxy) is 1. The van der Waals surface area contributed by atoms with Crippen molar-refractivity contribution in [1.29, 1.82) is 0 Å². The second-order valence-corrected chi connectivity index (χ2v) is 2.76. The van der Waals surface area contributed by atoms with Gasteiger partial charge < -0.3 is 14.9 Å². The molecule has 0 aliphatic carbocycles. The summed E-state index contributed by atoms with van der Waals surface area (Å²) in [4.78, 5) is 10.6. The minimum Gasteiger partial charge on any atom is -0.493 e. The van der Waals surface area contributed by atoms with Crippen LogP contribution in [0, 0.1) is 0 Å². The van der Waals surface area contributed by atoms with E-state index in [0.717, 1.165) is 0 Å². The molecule has 0 unspecified atom stereocenters. The molecule has 1 aromatic rings. The van der Waals surface area contributed by atoms with Gasteiger partial charge in [-0.1, -0.05) is 6.07 Å². The Hall–Kier alpha value is -1.55. The van der Waals surface area contributed by atoms with E-state index in [4.69, 9.17) is 14.9 Å². The average Bonchev–Trinajstić information content (AvgIpc) is 2.19. The van der Waals surface area contributed by atoms with Gasteiger partial charge in [0.25, 0.3) is 0 Å². The summed E-state index contributed by atoms with van der Waals surface area (Å²) in [6.45, 7) is 0.457. The smallest absolute Gasteiger partial charge is 0.335 e. The molecule has 0 aliphatic rings. The van der Waals surface area contributed by atoms with Crippen LogP contribution in [-0.4, -0.2) is 29.4 Å². The molecule has 0 aromatic heterocycles. The van der Waals surface area contributed by atoms with Crippen LogP contribution >= 0.6 is 0 Å². The van der Waals surface area contributed by atoms with E-state index >= 15 is 0 Å². The molecule has 0 saturated heterocycles. The molecule has 4 heteroatoms. The van der Waals surface area contributed by atoms with Gasteiger partial charge in [-0.25, -0.2) is 4.79 Å². The zero-order chi connectivity index (χ0) is 10.4. The van der Waals surface area contributed by atoms with Gasteiger partial charge in [-0.05, 0) is 18.2 Å². The monoisotopic (exact) mass is 196 g/mol. The van der Waals surface area contributed by atoms with Crippen molar-refractivity contribution < 1.29 is 19.7 Å². The average molecular weight is 196 g/mol. The Morgan fingerprint density at radius 2 is 2.21 bits per heavy atom. The Labute approximate surface area is 81.8 Å². The van der Waals surface area contributed by atoms with E-state index in [1.165, 1.54) is 12.1 Å². The summed E-state index contributed by atoms with van der Waals surface area (Å²) in [6.07, 6.45) is 0.539. The topological polar surface area (TPSA) is 66.8 Å². The minimum atomic E-state index is -0.974. The fourth-order valence-corrected chi connectivity index (χ4v) is 0.973. The van der Waals surface area contributed by atoms with Crippen LogP contribution in [0.3, 0.4) is 0 Å². The van der Waals surface area contributed by atoms with Crippen molar-refractivity contribution in [3.8, 4) is 5.75 Å². The van der Waals surface area contributed by atoms with E-state index < -0.39 is 5.97 Å². The van der Waals surface area contributed by atoms with Gasteiger partial charge >= 0.3 is 5.97 Å². The van der Waals surface area contributed by atoms with Crippen molar-refractivity contribution in [1.82, 2.24) is 0 Å². The number of carbonyl (C=O) groups is 1. The Morgan fingerprint density at radius 3 is 2.86 bits per heavy atom. The van der Waals surface area contributed by atoms with Crippen LogP contribution in [0.5, 0.6) is 5.75 Å². The van der Waals surface area contributed by atoms with E-state index in [2.05, 4.69) is 0 Å². The maximum absolute atomic E-state index is 10.6. The molecule has 76 valence electrons. The Bertz CT molecular complexity index is 309. The number of hydrogen-bond donors (Lipinski definition) is 2. The summed E-state index contributed by atoms with van der Waals surface area (Å²) in [5.74, 6) is -0.462. The second kappa shape index (κ2) is 5.24. The van der Waals surface area contributed by atoms with Crippen molar-refractivity contribution in [3.63, 3.8) is 0 Å². The summed E-state index contributed by atoms with van der Waals surface area (Å²) in [5.41, 5.74) is 0.200. The number of aliphatic hydroxyl groups excluding tert-OH is 1. The van der Waals surface area contributed by atoms with Crippen LogP contribution in [0.4, 0.5) is 0 Å². The highest BCUT2D eigenvalue weighted by atomic mass is 16.5. The van der Waals surface area contributed by atoms with Gasteiger partial charge in [0, 0.05) is 13.0 Å². The lowest BCUT2D eigenvalue weighted by atomic mass is 10.2. The molecular weight excluding hydrogens is 184 g/mol. The van der Waals surface area contributed by atoms with Crippen LogP contribution < -0.4 is 4.74 Å². The number of aromatic carboxylic acids is 1. The predicted molar refractivity (Wildman–Crippen MR) is 50.6 cm³/mol. The van der Waals surface area contributed by atoms with Gasteiger partial charge in [-0.3, -0.25) is 0 Å². The normalized spacial score (nSPS) is 9.79. The standard InChI is InChI=1S/C10H12O4/c11-5-2-6-14-9-4-1-3-8(7-9)10(12)13/h1,3-4,7,11H,2,5-6H2,(H,12,13). The van der Waals surface area contributed by atoms with E-state index in [-0.39, 0.29) is 12.2 Å². The zero-order valence-electron chi connectivity index (χ0n) is 7.64. The lowest BCUT2D eigenvalue weighted by Crippen LogP contribution is -2.01. The van der Waals surface area contributed by atoms with Gasteiger partial charge in [0.05, 0.1) is 12.2 Å². The van der Waals surface area contributed by atoms with Crippen LogP contribution in [-0.2, 0) is 0 Å². The third-order valence-corrected chi connectivity index (χ3v) is 1.65. The second-order valence-electron chi connectivity index (χ2n) is 2.76. The molecule has 0 saturated carbocycles. The molecule has 0 atom stereocenters. The number of hydrogen-bond acceptors (Lipinski definition) is 3. The van der Waals surface area contributed by atoms with Crippen molar-refractivity contribution in [2.75, 3.05) is 13.2 Å². The fraction of sp³-hybridized carbons (Fsp3) is 0.300. The van der Waals surface area contributed by atoms with Crippen LogP contribution in [0.15, 0.2) is 24.3 Å². The molecule has 0 aliphatic heterocycles. The maximum atomic E-state index is 10.6. The predicted octanol–water partition coefficient (Wildman–Crippen LogP) is 1.15. The maximum Gasteiger partial charge on any atom is 0.335 e. The van der Waals surface area contributed by atoms with Gasteiger partial charge in [-0.2, -0.15) is 0 Å². The van der Waals surface area contributed by atoms with Gasteiger partial charge in [0.1, 0.15) is 5.75 Å². The molecule has 2 N–H and O–H groups in total. The highest BCUT2D eigenvalue weighted by molar-refractivity contribution is 5.87. The third-order valence-electron chi connectivity index (χ3n) is 1.65. The first-order chi connectivity index (χ1) is 6.74. The fourth-order valence-electron chi connectivity index (χ4n) is 0.973. The Balaban J connectivity index is 2.59. The third kappa shape index (κ3) is 3.06. The molecule has 1 aromatic carbocycles. The minimum absolute atomic E-state index is 0.0681. The summed E-state index contributed by atoms with van der Waals surface area (Å²) < 4.78 is 5.21. The number of carboxylic acid groups (broad SMARTS) is 1. The summed E-state index contributed by atoms with van der Waals surface area (Å²) in [5, 5.41) is 17.2. The molecule has 0 heterocycles. The van der Waals surface area contributed by atoms with Crippen molar-refractivity contribution in [2.24, 2.45) is 0 Å². The Morgan fingerprint density at radius 1 is 1.43 bits per heavy atom. The largest absolute Gasteiger partial charge is 0.493 e. The molecule has 1 rings (SSSR count). The van der Waals surface area contributed by atoms with Gasteiger partial charge in [-0.15, -0.1) is 0 Å². The number of rotatable bonds is 5. The molecular formula is C10H12O4. The molecule has 0 spiro atoms. The van der Waals surface area contributed by atoms with Crippen molar-refractivity contribution in [2.45, 2.75) is 6.42 Å². The van der Waals surface area contributed by atoms with Gasteiger partial charge in [0.15, 0.2) is 0 Å². The summed E-state index contributed by atoms with van der Waals surface area (Å²) in [7, 11) is 0. The lowest BCUT2D eigenvalue weighted by molar-refractivity contribution is 0.0696.